The van der Waals surface area contributed by atoms with Crippen LogP contribution in [0.15, 0.2) is 18.2 Å². The normalized spacial score (nSPS) is 11.8. The molecular weight excluding hydrogens is 240 g/mol. The molecule has 0 bridgehead atoms. The van der Waals surface area contributed by atoms with Gasteiger partial charge in [0.25, 0.3) is 0 Å². The summed E-state index contributed by atoms with van der Waals surface area (Å²) in [5.41, 5.74) is 8.45. The Morgan fingerprint density at radius 3 is 2.74 bits per heavy atom. The Hall–Kier alpha value is -2.04. The number of carbonyl (C=O) groups excluding carboxylic acids is 1. The number of rotatable bonds is 2. The van der Waals surface area contributed by atoms with Gasteiger partial charge in [0.05, 0.1) is 11.0 Å². The standard InChI is InChI=1S/C14H20N4O/c1-9-6-5-7-10-12(9)18(13(15)16-10)8-11(19)17-14(2,3)4/h5-7H,8H2,1-4H3,(H2,15,16)(H,17,19). The molecule has 1 heterocycles. The Morgan fingerprint density at radius 1 is 1.42 bits per heavy atom. The number of carbonyl (C=O) groups is 1. The van der Waals surface area contributed by atoms with Crippen molar-refractivity contribution in [1.29, 1.82) is 0 Å². The summed E-state index contributed by atoms with van der Waals surface area (Å²) in [6.45, 7) is 8.02. The quantitative estimate of drug-likeness (QED) is 0.865. The minimum atomic E-state index is -0.253. The van der Waals surface area contributed by atoms with Gasteiger partial charge in [-0.15, -0.1) is 0 Å². The maximum atomic E-state index is 12.0. The van der Waals surface area contributed by atoms with Crippen molar-refractivity contribution in [3.8, 4) is 0 Å². The highest BCUT2D eigenvalue weighted by Gasteiger charge is 2.17. The zero-order chi connectivity index (χ0) is 14.2. The molecule has 1 aromatic heterocycles. The van der Waals surface area contributed by atoms with Crippen molar-refractivity contribution >= 4 is 22.9 Å². The zero-order valence-electron chi connectivity index (χ0n) is 11.8. The first-order chi connectivity index (χ1) is 8.78. The number of anilines is 1. The number of fused-ring (bicyclic) bond motifs is 1. The lowest BCUT2D eigenvalue weighted by atomic mass is 10.1. The first-order valence-electron chi connectivity index (χ1n) is 6.30. The van der Waals surface area contributed by atoms with Gasteiger partial charge < -0.3 is 15.6 Å². The molecule has 2 rings (SSSR count). The number of hydrogen-bond donors (Lipinski definition) is 2. The number of aromatic nitrogens is 2. The molecular formula is C14H20N4O. The Morgan fingerprint density at radius 2 is 2.11 bits per heavy atom. The van der Waals surface area contributed by atoms with Crippen LogP contribution in [0, 0.1) is 6.92 Å². The Labute approximate surface area is 112 Å². The van der Waals surface area contributed by atoms with E-state index in [9.17, 15) is 4.79 Å². The largest absolute Gasteiger partial charge is 0.369 e. The maximum absolute atomic E-state index is 12.0. The second-order valence-corrected chi connectivity index (χ2v) is 5.80. The van der Waals surface area contributed by atoms with Crippen molar-refractivity contribution < 1.29 is 4.79 Å². The van der Waals surface area contributed by atoms with Crippen LogP contribution >= 0.6 is 0 Å². The van der Waals surface area contributed by atoms with E-state index >= 15 is 0 Å². The van der Waals surface area contributed by atoms with Gasteiger partial charge in [-0.3, -0.25) is 4.79 Å². The topological polar surface area (TPSA) is 72.9 Å². The van der Waals surface area contributed by atoms with Gasteiger partial charge in [-0.05, 0) is 39.3 Å². The minimum Gasteiger partial charge on any atom is -0.369 e. The van der Waals surface area contributed by atoms with Crippen LogP contribution in [0.4, 0.5) is 5.95 Å². The highest BCUT2D eigenvalue weighted by molar-refractivity contribution is 5.85. The summed E-state index contributed by atoms with van der Waals surface area (Å²) < 4.78 is 1.76. The molecule has 19 heavy (non-hydrogen) atoms. The Bertz CT molecular complexity index is 622. The fourth-order valence-electron chi connectivity index (χ4n) is 2.14. The van der Waals surface area contributed by atoms with E-state index in [-0.39, 0.29) is 18.0 Å². The Balaban J connectivity index is 2.35. The van der Waals surface area contributed by atoms with Crippen molar-refractivity contribution in [2.45, 2.75) is 39.8 Å². The molecule has 0 unspecified atom stereocenters. The summed E-state index contributed by atoms with van der Waals surface area (Å²) in [6, 6.07) is 5.82. The molecule has 5 nitrogen and oxygen atoms in total. The smallest absolute Gasteiger partial charge is 0.240 e. The molecule has 102 valence electrons. The van der Waals surface area contributed by atoms with Crippen LogP contribution < -0.4 is 11.1 Å². The highest BCUT2D eigenvalue weighted by Crippen LogP contribution is 2.21. The molecule has 0 saturated carbocycles. The summed E-state index contributed by atoms with van der Waals surface area (Å²) in [5.74, 6) is 0.301. The number of imidazole rings is 1. The van der Waals surface area contributed by atoms with Gasteiger partial charge >= 0.3 is 0 Å². The third-order valence-corrected chi connectivity index (χ3v) is 2.81. The third kappa shape index (κ3) is 2.86. The van der Waals surface area contributed by atoms with Crippen LogP contribution in [0.2, 0.25) is 0 Å². The van der Waals surface area contributed by atoms with E-state index in [1.807, 2.05) is 45.9 Å². The van der Waals surface area contributed by atoms with Crippen LogP contribution in [0.1, 0.15) is 26.3 Å². The molecule has 1 aromatic carbocycles. The van der Waals surface area contributed by atoms with E-state index in [1.54, 1.807) is 4.57 Å². The van der Waals surface area contributed by atoms with Crippen molar-refractivity contribution in [2.75, 3.05) is 5.73 Å². The van der Waals surface area contributed by atoms with Crippen LogP contribution in [-0.2, 0) is 11.3 Å². The lowest BCUT2D eigenvalue weighted by Gasteiger charge is -2.21. The SMILES string of the molecule is Cc1cccc2nc(N)n(CC(=O)NC(C)(C)C)c12. The predicted molar refractivity (Wildman–Crippen MR) is 76.8 cm³/mol. The number of nitrogens with two attached hydrogens (primary N) is 1. The summed E-state index contributed by atoms with van der Waals surface area (Å²) in [7, 11) is 0. The number of aryl methyl sites for hydroxylation is 1. The summed E-state index contributed by atoms with van der Waals surface area (Å²) in [6.07, 6.45) is 0. The molecule has 5 heteroatoms. The number of nitrogen functional groups attached to an aromatic ring is 1. The molecule has 1 amide bonds. The van der Waals surface area contributed by atoms with E-state index in [0.29, 0.717) is 5.95 Å². The van der Waals surface area contributed by atoms with Gasteiger partial charge in [0.1, 0.15) is 6.54 Å². The Kier molecular flexibility index (Phi) is 3.22. The number of nitrogens with one attached hydrogen (secondary N) is 1. The van der Waals surface area contributed by atoms with E-state index in [4.69, 9.17) is 5.73 Å². The van der Waals surface area contributed by atoms with E-state index in [2.05, 4.69) is 10.3 Å². The van der Waals surface area contributed by atoms with Crippen LogP contribution in [0.25, 0.3) is 11.0 Å². The van der Waals surface area contributed by atoms with E-state index in [0.717, 1.165) is 16.6 Å². The molecule has 0 spiro atoms. The number of benzene rings is 1. The molecule has 0 radical (unpaired) electrons. The van der Waals surface area contributed by atoms with Crippen molar-refractivity contribution in [3.63, 3.8) is 0 Å². The highest BCUT2D eigenvalue weighted by atomic mass is 16.2. The predicted octanol–water partition coefficient (Wildman–Crippen LogP) is 1.84. The molecule has 0 aliphatic carbocycles. The minimum absolute atomic E-state index is 0.0678. The number of nitrogens with zero attached hydrogens (tertiary/aromatic N) is 2. The molecule has 0 aliphatic rings. The molecule has 2 aromatic rings. The summed E-state index contributed by atoms with van der Waals surface area (Å²) in [4.78, 5) is 16.3. The lowest BCUT2D eigenvalue weighted by Crippen LogP contribution is -2.42. The second kappa shape index (κ2) is 4.57. The zero-order valence-corrected chi connectivity index (χ0v) is 11.8. The number of amides is 1. The van der Waals surface area contributed by atoms with Crippen molar-refractivity contribution in [2.24, 2.45) is 0 Å². The van der Waals surface area contributed by atoms with E-state index in [1.165, 1.54) is 0 Å². The molecule has 3 N–H and O–H groups in total. The fourth-order valence-corrected chi connectivity index (χ4v) is 2.14. The molecule has 0 fully saturated rings. The number of para-hydroxylation sites is 1. The average Bonchev–Trinajstić information content (AvgIpc) is 2.54. The molecule has 0 aliphatic heterocycles. The average molecular weight is 260 g/mol. The number of hydrogen-bond acceptors (Lipinski definition) is 3. The fraction of sp³-hybridized carbons (Fsp3) is 0.429. The van der Waals surface area contributed by atoms with Crippen molar-refractivity contribution in [1.82, 2.24) is 14.9 Å². The van der Waals surface area contributed by atoms with Gasteiger partial charge in [-0.25, -0.2) is 4.98 Å². The van der Waals surface area contributed by atoms with Gasteiger partial charge in [0.2, 0.25) is 11.9 Å². The lowest BCUT2D eigenvalue weighted by molar-refractivity contribution is -0.122. The van der Waals surface area contributed by atoms with Crippen molar-refractivity contribution in [3.05, 3.63) is 23.8 Å². The third-order valence-electron chi connectivity index (χ3n) is 2.81. The van der Waals surface area contributed by atoms with Gasteiger partial charge in [-0.2, -0.15) is 0 Å². The summed E-state index contributed by atoms with van der Waals surface area (Å²) >= 11 is 0. The second-order valence-electron chi connectivity index (χ2n) is 5.80. The molecule has 0 atom stereocenters. The molecule has 0 saturated heterocycles. The van der Waals surface area contributed by atoms with E-state index < -0.39 is 0 Å². The summed E-state index contributed by atoms with van der Waals surface area (Å²) in [5, 5.41) is 2.93. The van der Waals surface area contributed by atoms with Gasteiger partial charge in [-0.1, -0.05) is 12.1 Å². The maximum Gasteiger partial charge on any atom is 0.240 e. The van der Waals surface area contributed by atoms with Gasteiger partial charge in [0.15, 0.2) is 0 Å². The first-order valence-corrected chi connectivity index (χ1v) is 6.30. The van der Waals surface area contributed by atoms with Crippen LogP contribution in [-0.4, -0.2) is 21.0 Å². The van der Waals surface area contributed by atoms with Crippen LogP contribution in [0.3, 0.4) is 0 Å². The first kappa shape index (κ1) is 13.4. The van der Waals surface area contributed by atoms with Gasteiger partial charge in [0, 0.05) is 5.54 Å². The van der Waals surface area contributed by atoms with Crippen LogP contribution in [0.5, 0.6) is 0 Å². The monoisotopic (exact) mass is 260 g/mol.